The lowest BCUT2D eigenvalue weighted by atomic mass is 9.88. The molecule has 166 valence electrons. The predicted octanol–water partition coefficient (Wildman–Crippen LogP) is 3.88. The normalized spacial score (nSPS) is 20.3. The third-order valence-electron chi connectivity index (χ3n) is 6.07. The number of nitrogens with zero attached hydrogens (tertiary/aromatic N) is 4. The van der Waals surface area contributed by atoms with Crippen molar-refractivity contribution >= 4 is 22.9 Å². The number of thiophene rings is 1. The van der Waals surface area contributed by atoms with Gasteiger partial charge < -0.3 is 15.0 Å². The van der Waals surface area contributed by atoms with Crippen LogP contribution in [0.3, 0.4) is 0 Å². The quantitative estimate of drug-likeness (QED) is 0.434. The molecule has 1 fully saturated rings. The van der Waals surface area contributed by atoms with Gasteiger partial charge in [-0.1, -0.05) is 12.1 Å². The highest BCUT2D eigenvalue weighted by Gasteiger charge is 2.31. The molecule has 0 saturated carbocycles. The Balaban J connectivity index is 1.37. The summed E-state index contributed by atoms with van der Waals surface area (Å²) in [4.78, 5) is 13.7. The number of guanidine groups is 1. The molecule has 31 heavy (non-hydrogen) atoms. The van der Waals surface area contributed by atoms with E-state index in [1.54, 1.807) is 0 Å². The van der Waals surface area contributed by atoms with Crippen LogP contribution in [0.15, 0.2) is 47.0 Å². The number of rotatable bonds is 7. The first kappa shape index (κ1) is 21.8. The predicted molar refractivity (Wildman–Crippen MR) is 130 cm³/mol. The largest absolute Gasteiger partial charge is 0.357 e. The smallest absolute Gasteiger partial charge is 0.191 e. The van der Waals surface area contributed by atoms with Gasteiger partial charge in [-0.05, 0) is 69.3 Å². The molecule has 0 spiro atoms. The number of piperidine rings is 1. The van der Waals surface area contributed by atoms with Gasteiger partial charge in [0.05, 0.1) is 5.69 Å². The second-order valence-corrected chi connectivity index (χ2v) is 9.37. The van der Waals surface area contributed by atoms with Crippen LogP contribution in [-0.2, 0) is 6.42 Å². The van der Waals surface area contributed by atoms with Gasteiger partial charge in [-0.15, -0.1) is 11.3 Å². The lowest BCUT2D eigenvalue weighted by Gasteiger charge is -2.38. The van der Waals surface area contributed by atoms with E-state index in [2.05, 4.69) is 82.9 Å². The van der Waals surface area contributed by atoms with Crippen molar-refractivity contribution < 1.29 is 0 Å². The van der Waals surface area contributed by atoms with Crippen molar-refractivity contribution in [3.05, 3.63) is 58.2 Å². The molecular weight excluding hydrogens is 404 g/mol. The van der Waals surface area contributed by atoms with Crippen LogP contribution in [0.2, 0.25) is 0 Å². The Labute approximate surface area is 189 Å². The summed E-state index contributed by atoms with van der Waals surface area (Å²) in [6, 6.07) is 9.07. The molecule has 6 nitrogen and oxygen atoms in total. The minimum Gasteiger partial charge on any atom is -0.357 e. The van der Waals surface area contributed by atoms with Crippen LogP contribution in [0.5, 0.6) is 0 Å². The second kappa shape index (κ2) is 10.3. The van der Waals surface area contributed by atoms with E-state index in [1.165, 1.54) is 29.8 Å². The molecular formula is C24H34N6S. The van der Waals surface area contributed by atoms with Crippen molar-refractivity contribution in [2.45, 2.75) is 39.2 Å². The summed E-state index contributed by atoms with van der Waals surface area (Å²) in [5.74, 6) is 1.45. The number of hydrogen-bond donors (Lipinski definition) is 2. The number of hydrogen-bond acceptors (Lipinski definition) is 4. The van der Waals surface area contributed by atoms with Crippen LogP contribution in [0.1, 0.15) is 41.9 Å². The zero-order valence-electron chi connectivity index (χ0n) is 18.8. The first-order valence-corrected chi connectivity index (χ1v) is 12.2. The van der Waals surface area contributed by atoms with Gasteiger partial charge in [0.15, 0.2) is 5.96 Å². The number of fused-ring (bicyclic) bond motifs is 1. The van der Waals surface area contributed by atoms with E-state index in [0.717, 1.165) is 43.4 Å². The van der Waals surface area contributed by atoms with Crippen molar-refractivity contribution in [2.75, 3.05) is 33.2 Å². The first-order chi connectivity index (χ1) is 15.2. The molecule has 0 radical (unpaired) electrons. The number of imidazole rings is 1. The summed E-state index contributed by atoms with van der Waals surface area (Å²) < 4.78 is 2.11. The van der Waals surface area contributed by atoms with Crippen molar-refractivity contribution in [1.29, 1.82) is 0 Å². The summed E-state index contributed by atoms with van der Waals surface area (Å²) in [7, 11) is 2.25. The first-order valence-electron chi connectivity index (χ1n) is 11.3. The fourth-order valence-corrected chi connectivity index (χ4v) is 5.53. The molecule has 2 N–H and O–H groups in total. The van der Waals surface area contributed by atoms with Gasteiger partial charge in [0.2, 0.25) is 0 Å². The van der Waals surface area contributed by atoms with Gasteiger partial charge in [-0.3, -0.25) is 9.89 Å². The summed E-state index contributed by atoms with van der Waals surface area (Å²) >= 11 is 1.87. The third kappa shape index (κ3) is 5.28. The van der Waals surface area contributed by atoms with Crippen LogP contribution in [0.25, 0.3) is 5.65 Å². The van der Waals surface area contributed by atoms with Gasteiger partial charge in [-0.2, -0.15) is 0 Å². The Kier molecular flexibility index (Phi) is 7.25. The molecule has 0 aliphatic carbocycles. The van der Waals surface area contributed by atoms with Crippen LogP contribution in [0.4, 0.5) is 0 Å². The summed E-state index contributed by atoms with van der Waals surface area (Å²) in [5, 5.41) is 9.10. The molecule has 2 atom stereocenters. The summed E-state index contributed by atoms with van der Waals surface area (Å²) in [6.45, 7) is 7.90. The second-order valence-electron chi connectivity index (χ2n) is 8.39. The maximum absolute atomic E-state index is 4.97. The standard InChI is InChI=1S/C24H34N6S/c1-4-25-24(26-12-11-20-17-30-14-5-8-18(2)23(30)28-20)27-16-19-9-6-13-29(3)22(19)21-10-7-15-31-21/h5,7-8,10,14-15,17,19,22H,4,6,9,11-13,16H2,1-3H3,(H2,25,26,27). The highest BCUT2D eigenvalue weighted by molar-refractivity contribution is 7.10. The zero-order valence-corrected chi connectivity index (χ0v) is 19.7. The molecule has 4 heterocycles. The summed E-state index contributed by atoms with van der Waals surface area (Å²) in [6.07, 6.45) is 7.53. The molecule has 0 amide bonds. The fraction of sp³-hybridized carbons (Fsp3) is 0.500. The fourth-order valence-electron chi connectivity index (χ4n) is 4.54. The summed E-state index contributed by atoms with van der Waals surface area (Å²) in [5.41, 5.74) is 3.35. The topological polar surface area (TPSA) is 57.0 Å². The number of pyridine rings is 1. The SMILES string of the molecule is CCNC(=NCC1CCCN(C)C1c1cccs1)NCCc1cn2cccc(C)c2n1. The molecule has 3 aromatic rings. The molecule has 1 aliphatic rings. The number of likely N-dealkylation sites (tertiary alicyclic amines) is 1. The minimum atomic E-state index is 0.474. The number of aromatic nitrogens is 2. The van der Waals surface area contributed by atoms with E-state index in [1.807, 2.05) is 11.3 Å². The maximum atomic E-state index is 4.97. The van der Waals surface area contributed by atoms with Crippen molar-refractivity contribution in [1.82, 2.24) is 24.9 Å². The van der Waals surface area contributed by atoms with Gasteiger partial charge >= 0.3 is 0 Å². The molecule has 3 aromatic heterocycles. The van der Waals surface area contributed by atoms with Gasteiger partial charge in [0, 0.05) is 49.4 Å². The number of aryl methyl sites for hydroxylation is 1. The van der Waals surface area contributed by atoms with Crippen LogP contribution < -0.4 is 10.6 Å². The Bertz CT molecular complexity index is 993. The molecule has 4 rings (SSSR count). The van der Waals surface area contributed by atoms with E-state index >= 15 is 0 Å². The molecule has 2 unspecified atom stereocenters. The average Bonchev–Trinajstić information content (AvgIpc) is 3.42. The molecule has 1 aliphatic heterocycles. The van der Waals surface area contributed by atoms with Gasteiger partial charge in [0.1, 0.15) is 5.65 Å². The molecule has 7 heteroatoms. The molecule has 1 saturated heterocycles. The zero-order chi connectivity index (χ0) is 21.6. The van der Waals surface area contributed by atoms with Crippen LogP contribution in [-0.4, -0.2) is 53.5 Å². The minimum absolute atomic E-state index is 0.474. The van der Waals surface area contributed by atoms with Crippen molar-refractivity contribution in [3.63, 3.8) is 0 Å². The molecule has 0 aromatic carbocycles. The van der Waals surface area contributed by atoms with E-state index in [-0.39, 0.29) is 0 Å². The Morgan fingerprint density at radius 2 is 2.19 bits per heavy atom. The third-order valence-corrected chi connectivity index (χ3v) is 7.01. The average molecular weight is 439 g/mol. The maximum Gasteiger partial charge on any atom is 0.191 e. The lowest BCUT2D eigenvalue weighted by Crippen LogP contribution is -2.40. The number of aliphatic imine (C=N–C) groups is 1. The van der Waals surface area contributed by atoms with E-state index < -0.39 is 0 Å². The monoisotopic (exact) mass is 438 g/mol. The van der Waals surface area contributed by atoms with Crippen molar-refractivity contribution in [3.8, 4) is 0 Å². The lowest BCUT2D eigenvalue weighted by molar-refractivity contribution is 0.128. The van der Waals surface area contributed by atoms with E-state index in [0.29, 0.717) is 12.0 Å². The van der Waals surface area contributed by atoms with Gasteiger partial charge in [0.25, 0.3) is 0 Å². The van der Waals surface area contributed by atoms with Gasteiger partial charge in [-0.25, -0.2) is 4.98 Å². The Morgan fingerprint density at radius 3 is 2.97 bits per heavy atom. The van der Waals surface area contributed by atoms with Crippen LogP contribution in [0, 0.1) is 12.8 Å². The van der Waals surface area contributed by atoms with E-state index in [9.17, 15) is 0 Å². The Morgan fingerprint density at radius 1 is 1.29 bits per heavy atom. The Hall–Kier alpha value is -2.38. The van der Waals surface area contributed by atoms with Crippen LogP contribution >= 0.6 is 11.3 Å². The highest BCUT2D eigenvalue weighted by Crippen LogP contribution is 2.37. The van der Waals surface area contributed by atoms with Crippen molar-refractivity contribution in [2.24, 2.45) is 10.9 Å². The van der Waals surface area contributed by atoms with E-state index in [4.69, 9.17) is 9.98 Å². The molecule has 0 bridgehead atoms. The highest BCUT2D eigenvalue weighted by atomic mass is 32.1. The number of nitrogens with one attached hydrogen (secondary N) is 2.